The molecule has 0 spiro atoms. The van der Waals surface area contributed by atoms with Crippen LogP contribution in [0.25, 0.3) is 0 Å². The standard InChI is InChI=1S/C14H20O3/c1-5-17-13(15)11-6-8-12(9-7-11)14(4,16)10(2)3/h6-10,16H,5H2,1-4H3. The van der Waals surface area contributed by atoms with Crippen molar-refractivity contribution in [3.05, 3.63) is 35.4 Å². The van der Waals surface area contributed by atoms with E-state index in [0.717, 1.165) is 5.56 Å². The van der Waals surface area contributed by atoms with E-state index >= 15 is 0 Å². The van der Waals surface area contributed by atoms with Crippen LogP contribution in [-0.4, -0.2) is 17.7 Å². The molecule has 0 aliphatic rings. The van der Waals surface area contributed by atoms with Crippen LogP contribution in [0.2, 0.25) is 0 Å². The van der Waals surface area contributed by atoms with Crippen molar-refractivity contribution >= 4 is 5.97 Å². The highest BCUT2D eigenvalue weighted by atomic mass is 16.5. The maximum atomic E-state index is 11.5. The zero-order chi connectivity index (χ0) is 13.1. The van der Waals surface area contributed by atoms with Crippen LogP contribution in [0.15, 0.2) is 24.3 Å². The first-order chi connectivity index (χ1) is 7.89. The second kappa shape index (κ2) is 5.32. The van der Waals surface area contributed by atoms with Gasteiger partial charge in [-0.1, -0.05) is 26.0 Å². The van der Waals surface area contributed by atoms with E-state index in [-0.39, 0.29) is 11.9 Å². The van der Waals surface area contributed by atoms with Crippen LogP contribution in [0.1, 0.15) is 43.6 Å². The zero-order valence-electron chi connectivity index (χ0n) is 10.9. The molecule has 0 amide bonds. The Morgan fingerprint density at radius 1 is 1.35 bits per heavy atom. The van der Waals surface area contributed by atoms with Gasteiger partial charge in [-0.25, -0.2) is 4.79 Å². The van der Waals surface area contributed by atoms with E-state index in [0.29, 0.717) is 12.2 Å². The minimum atomic E-state index is -0.882. The van der Waals surface area contributed by atoms with Crippen LogP contribution in [0.5, 0.6) is 0 Å². The fourth-order valence-electron chi connectivity index (χ4n) is 1.49. The molecule has 0 radical (unpaired) electrons. The summed E-state index contributed by atoms with van der Waals surface area (Å²) in [5, 5.41) is 10.3. The van der Waals surface area contributed by atoms with Crippen molar-refractivity contribution in [2.75, 3.05) is 6.61 Å². The Morgan fingerprint density at radius 2 is 1.88 bits per heavy atom. The summed E-state index contributed by atoms with van der Waals surface area (Å²) < 4.78 is 4.90. The van der Waals surface area contributed by atoms with Gasteiger partial charge in [0.25, 0.3) is 0 Å². The monoisotopic (exact) mass is 236 g/mol. The van der Waals surface area contributed by atoms with E-state index in [4.69, 9.17) is 4.74 Å². The molecule has 0 aliphatic carbocycles. The van der Waals surface area contributed by atoms with Gasteiger partial charge in [-0.3, -0.25) is 0 Å². The van der Waals surface area contributed by atoms with Gasteiger partial charge in [-0.2, -0.15) is 0 Å². The van der Waals surface area contributed by atoms with Crippen LogP contribution < -0.4 is 0 Å². The first-order valence-electron chi connectivity index (χ1n) is 5.89. The van der Waals surface area contributed by atoms with Crippen molar-refractivity contribution in [3.63, 3.8) is 0 Å². The Bertz CT molecular complexity index is 377. The SMILES string of the molecule is CCOC(=O)c1ccc(C(C)(O)C(C)C)cc1. The molecular weight excluding hydrogens is 216 g/mol. The number of hydrogen-bond donors (Lipinski definition) is 1. The number of esters is 1. The Hall–Kier alpha value is -1.35. The number of benzene rings is 1. The highest BCUT2D eigenvalue weighted by Gasteiger charge is 2.27. The second-order valence-corrected chi connectivity index (χ2v) is 4.60. The molecule has 3 heteroatoms. The Balaban J connectivity index is 2.92. The second-order valence-electron chi connectivity index (χ2n) is 4.60. The molecule has 94 valence electrons. The predicted molar refractivity (Wildman–Crippen MR) is 66.8 cm³/mol. The average molecular weight is 236 g/mol. The van der Waals surface area contributed by atoms with Gasteiger partial charge in [-0.05, 0) is 37.5 Å². The first kappa shape index (κ1) is 13.7. The summed E-state index contributed by atoms with van der Waals surface area (Å²) in [5.74, 6) is -0.223. The fourth-order valence-corrected chi connectivity index (χ4v) is 1.49. The predicted octanol–water partition coefficient (Wildman–Crippen LogP) is 2.73. The number of hydrogen-bond acceptors (Lipinski definition) is 3. The van der Waals surface area contributed by atoms with Gasteiger partial charge in [0.15, 0.2) is 0 Å². The van der Waals surface area contributed by atoms with Crippen LogP contribution in [0, 0.1) is 5.92 Å². The molecule has 0 bridgehead atoms. The Kier molecular flexibility index (Phi) is 4.29. The third-order valence-electron chi connectivity index (χ3n) is 3.10. The van der Waals surface area contributed by atoms with Crippen molar-refractivity contribution in [3.8, 4) is 0 Å². The topological polar surface area (TPSA) is 46.5 Å². The molecule has 1 atom stereocenters. The first-order valence-corrected chi connectivity index (χ1v) is 5.89. The molecule has 0 fully saturated rings. The zero-order valence-corrected chi connectivity index (χ0v) is 10.9. The molecule has 0 aliphatic heterocycles. The van der Waals surface area contributed by atoms with Gasteiger partial charge in [0.1, 0.15) is 0 Å². The van der Waals surface area contributed by atoms with E-state index in [1.54, 1.807) is 38.1 Å². The molecule has 0 aromatic heterocycles. The highest BCUT2D eigenvalue weighted by Crippen LogP contribution is 2.28. The van der Waals surface area contributed by atoms with Crippen molar-refractivity contribution in [1.29, 1.82) is 0 Å². The normalized spacial score (nSPS) is 14.5. The van der Waals surface area contributed by atoms with Crippen molar-refractivity contribution in [1.82, 2.24) is 0 Å². The molecular formula is C14H20O3. The third-order valence-corrected chi connectivity index (χ3v) is 3.10. The summed E-state index contributed by atoms with van der Waals surface area (Å²) in [5.41, 5.74) is 0.434. The Labute approximate surface area is 102 Å². The molecule has 1 aromatic rings. The number of carbonyl (C=O) groups is 1. The lowest BCUT2D eigenvalue weighted by molar-refractivity contribution is 0.00898. The quantitative estimate of drug-likeness (QED) is 0.818. The van der Waals surface area contributed by atoms with E-state index in [2.05, 4.69) is 0 Å². The molecule has 0 heterocycles. The largest absolute Gasteiger partial charge is 0.462 e. The lowest BCUT2D eigenvalue weighted by Crippen LogP contribution is -2.27. The fraction of sp³-hybridized carbons (Fsp3) is 0.500. The molecule has 0 saturated heterocycles. The molecule has 1 aromatic carbocycles. The maximum Gasteiger partial charge on any atom is 0.338 e. The summed E-state index contributed by atoms with van der Waals surface area (Å²) in [4.78, 5) is 11.5. The summed E-state index contributed by atoms with van der Waals surface area (Å²) in [6.45, 7) is 7.83. The number of aliphatic hydroxyl groups is 1. The number of ether oxygens (including phenoxy) is 1. The van der Waals surface area contributed by atoms with Gasteiger partial charge >= 0.3 is 5.97 Å². The van der Waals surface area contributed by atoms with E-state index < -0.39 is 5.60 Å². The molecule has 0 saturated carbocycles. The smallest absolute Gasteiger partial charge is 0.338 e. The van der Waals surface area contributed by atoms with E-state index in [1.165, 1.54) is 0 Å². The van der Waals surface area contributed by atoms with E-state index in [1.807, 2.05) is 13.8 Å². The van der Waals surface area contributed by atoms with Gasteiger partial charge in [-0.15, -0.1) is 0 Å². The third kappa shape index (κ3) is 3.07. The lowest BCUT2D eigenvalue weighted by Gasteiger charge is -2.28. The molecule has 1 rings (SSSR count). The highest BCUT2D eigenvalue weighted by molar-refractivity contribution is 5.89. The Morgan fingerprint density at radius 3 is 2.29 bits per heavy atom. The van der Waals surface area contributed by atoms with Crippen molar-refractivity contribution in [2.45, 2.75) is 33.3 Å². The van der Waals surface area contributed by atoms with Crippen LogP contribution in [0.3, 0.4) is 0 Å². The average Bonchev–Trinajstić information content (AvgIpc) is 2.29. The van der Waals surface area contributed by atoms with Crippen LogP contribution in [-0.2, 0) is 10.3 Å². The van der Waals surface area contributed by atoms with E-state index in [9.17, 15) is 9.90 Å². The van der Waals surface area contributed by atoms with Crippen LogP contribution in [0.4, 0.5) is 0 Å². The van der Waals surface area contributed by atoms with Gasteiger partial charge in [0, 0.05) is 0 Å². The van der Waals surface area contributed by atoms with Crippen molar-refractivity contribution in [2.24, 2.45) is 5.92 Å². The maximum absolute atomic E-state index is 11.5. The van der Waals surface area contributed by atoms with Gasteiger partial charge < -0.3 is 9.84 Å². The van der Waals surface area contributed by atoms with Gasteiger partial charge in [0.2, 0.25) is 0 Å². The van der Waals surface area contributed by atoms with Gasteiger partial charge in [0.05, 0.1) is 17.8 Å². The molecule has 1 unspecified atom stereocenters. The summed E-state index contributed by atoms with van der Waals surface area (Å²) in [6, 6.07) is 6.91. The number of rotatable bonds is 4. The molecule has 17 heavy (non-hydrogen) atoms. The minimum Gasteiger partial charge on any atom is -0.462 e. The summed E-state index contributed by atoms with van der Waals surface area (Å²) >= 11 is 0. The molecule has 3 nitrogen and oxygen atoms in total. The molecule has 1 N–H and O–H groups in total. The summed E-state index contributed by atoms with van der Waals surface area (Å²) in [6.07, 6.45) is 0. The van der Waals surface area contributed by atoms with Crippen molar-refractivity contribution < 1.29 is 14.6 Å². The minimum absolute atomic E-state index is 0.107. The lowest BCUT2D eigenvalue weighted by atomic mass is 9.85. The summed E-state index contributed by atoms with van der Waals surface area (Å²) in [7, 11) is 0. The number of carbonyl (C=O) groups excluding carboxylic acids is 1. The van der Waals surface area contributed by atoms with Crippen LogP contribution >= 0.6 is 0 Å².